The van der Waals surface area contributed by atoms with Crippen LogP contribution in [0, 0.1) is 11.7 Å². The molecule has 7 heteroatoms. The topological polar surface area (TPSA) is 58.2 Å². The van der Waals surface area contributed by atoms with Crippen molar-refractivity contribution in [3.05, 3.63) is 56.2 Å². The van der Waals surface area contributed by atoms with Gasteiger partial charge in [0.25, 0.3) is 5.56 Å². The Bertz CT molecular complexity index is 1110. The van der Waals surface area contributed by atoms with Crippen molar-refractivity contribution in [3.8, 4) is 5.75 Å². The molecule has 0 bridgehead atoms. The maximum atomic E-state index is 14.0. The Labute approximate surface area is 173 Å². The molecule has 0 aliphatic heterocycles. The SMILES string of the molecule is COc1ccc(CN(C)[C@@H](C)c2nc3sc4c(c3c(=O)[nH]2)CC[C@H](C)C4)cc1F. The first-order valence-corrected chi connectivity index (χ1v) is 10.8. The van der Waals surface area contributed by atoms with Gasteiger partial charge in [0.15, 0.2) is 11.6 Å². The minimum atomic E-state index is -0.377. The zero-order valence-corrected chi connectivity index (χ0v) is 18.0. The normalized spacial score (nSPS) is 17.5. The third-order valence-corrected chi connectivity index (χ3v) is 7.04. The Hall–Kier alpha value is -2.25. The first-order valence-electron chi connectivity index (χ1n) is 9.94. The molecule has 0 unspecified atom stereocenters. The molecule has 3 aromatic rings. The maximum Gasteiger partial charge on any atom is 0.259 e. The molecule has 4 rings (SSSR count). The van der Waals surface area contributed by atoms with E-state index < -0.39 is 0 Å². The fraction of sp³-hybridized carbons (Fsp3) is 0.455. The lowest BCUT2D eigenvalue weighted by Gasteiger charge is -2.24. The van der Waals surface area contributed by atoms with Crippen LogP contribution in [0.5, 0.6) is 5.75 Å². The van der Waals surface area contributed by atoms with Crippen LogP contribution < -0.4 is 10.3 Å². The van der Waals surface area contributed by atoms with E-state index >= 15 is 0 Å². The molecule has 0 fully saturated rings. The van der Waals surface area contributed by atoms with Gasteiger partial charge in [-0.15, -0.1) is 11.3 Å². The second-order valence-corrected chi connectivity index (χ2v) is 9.13. The van der Waals surface area contributed by atoms with Crippen LogP contribution in [-0.2, 0) is 19.4 Å². The highest BCUT2D eigenvalue weighted by Gasteiger charge is 2.24. The molecule has 1 aromatic carbocycles. The van der Waals surface area contributed by atoms with Crippen molar-refractivity contribution in [2.24, 2.45) is 5.92 Å². The summed E-state index contributed by atoms with van der Waals surface area (Å²) in [6.45, 7) is 4.79. The summed E-state index contributed by atoms with van der Waals surface area (Å²) in [6.07, 6.45) is 3.11. The standard InChI is InChI=1S/C22H26FN3O2S/c1-12-5-7-15-18(9-12)29-22-19(15)21(27)24-20(25-22)13(2)26(3)11-14-6-8-17(28-4)16(23)10-14/h6,8,10,12-13H,5,7,9,11H2,1-4H3,(H,24,25,27)/t12-,13-/m0/s1. The van der Waals surface area contributed by atoms with Crippen LogP contribution in [0.2, 0.25) is 0 Å². The maximum absolute atomic E-state index is 14.0. The molecule has 2 atom stereocenters. The van der Waals surface area contributed by atoms with Gasteiger partial charge in [-0.2, -0.15) is 0 Å². The number of hydrogen-bond acceptors (Lipinski definition) is 5. The van der Waals surface area contributed by atoms with E-state index in [2.05, 4.69) is 11.9 Å². The van der Waals surface area contributed by atoms with Crippen molar-refractivity contribution >= 4 is 21.6 Å². The van der Waals surface area contributed by atoms with E-state index in [4.69, 9.17) is 9.72 Å². The van der Waals surface area contributed by atoms with Crippen molar-refractivity contribution in [2.75, 3.05) is 14.2 Å². The molecule has 2 heterocycles. The minimum Gasteiger partial charge on any atom is -0.494 e. The number of aromatic nitrogens is 2. The summed E-state index contributed by atoms with van der Waals surface area (Å²) in [4.78, 5) is 24.8. The van der Waals surface area contributed by atoms with Crippen molar-refractivity contribution in [1.82, 2.24) is 14.9 Å². The number of nitrogens with zero attached hydrogens (tertiary/aromatic N) is 2. The number of aryl methyl sites for hydroxylation is 1. The number of halogens is 1. The van der Waals surface area contributed by atoms with Crippen molar-refractivity contribution in [2.45, 2.75) is 45.7 Å². The Kier molecular flexibility index (Phi) is 5.44. The summed E-state index contributed by atoms with van der Waals surface area (Å²) in [7, 11) is 3.39. The molecular formula is C22H26FN3O2S. The molecule has 5 nitrogen and oxygen atoms in total. The van der Waals surface area contributed by atoms with Crippen LogP contribution in [-0.4, -0.2) is 29.0 Å². The van der Waals surface area contributed by atoms with Gasteiger partial charge in [-0.05, 0) is 62.4 Å². The lowest BCUT2D eigenvalue weighted by molar-refractivity contribution is 0.243. The lowest BCUT2D eigenvalue weighted by Crippen LogP contribution is -2.26. The molecule has 2 aromatic heterocycles. The first-order chi connectivity index (χ1) is 13.9. The van der Waals surface area contributed by atoms with Gasteiger partial charge in [-0.1, -0.05) is 13.0 Å². The van der Waals surface area contributed by atoms with Gasteiger partial charge in [0.1, 0.15) is 10.7 Å². The molecule has 29 heavy (non-hydrogen) atoms. The van der Waals surface area contributed by atoms with Gasteiger partial charge in [0, 0.05) is 11.4 Å². The lowest BCUT2D eigenvalue weighted by atomic mass is 9.89. The summed E-state index contributed by atoms with van der Waals surface area (Å²) in [5.74, 6) is 1.16. The van der Waals surface area contributed by atoms with Gasteiger partial charge in [-0.3, -0.25) is 9.69 Å². The van der Waals surface area contributed by atoms with E-state index in [0.717, 1.165) is 35.0 Å². The predicted octanol–water partition coefficient (Wildman–Crippen LogP) is 4.45. The van der Waals surface area contributed by atoms with Gasteiger partial charge in [-0.25, -0.2) is 9.37 Å². The number of H-pyrrole nitrogens is 1. The molecule has 1 aliphatic carbocycles. The number of hydrogen-bond donors (Lipinski definition) is 1. The van der Waals surface area contributed by atoms with Gasteiger partial charge >= 0.3 is 0 Å². The van der Waals surface area contributed by atoms with Gasteiger partial charge in [0.05, 0.1) is 18.5 Å². The number of benzene rings is 1. The Morgan fingerprint density at radius 3 is 2.97 bits per heavy atom. The molecular weight excluding hydrogens is 389 g/mol. The van der Waals surface area contributed by atoms with E-state index in [1.54, 1.807) is 17.4 Å². The summed E-state index contributed by atoms with van der Waals surface area (Å²) >= 11 is 1.66. The predicted molar refractivity (Wildman–Crippen MR) is 114 cm³/mol. The highest BCUT2D eigenvalue weighted by atomic mass is 32.1. The van der Waals surface area contributed by atoms with Gasteiger partial charge < -0.3 is 9.72 Å². The third kappa shape index (κ3) is 3.81. The molecule has 0 amide bonds. The smallest absolute Gasteiger partial charge is 0.259 e. The van der Waals surface area contributed by atoms with E-state index in [0.29, 0.717) is 18.3 Å². The summed E-state index contributed by atoms with van der Waals surface area (Å²) in [5.41, 5.74) is 1.98. The quantitative estimate of drug-likeness (QED) is 0.669. The fourth-order valence-corrected chi connectivity index (χ4v) is 5.40. The molecule has 154 valence electrons. The van der Waals surface area contributed by atoms with Crippen LogP contribution in [0.3, 0.4) is 0 Å². The summed E-state index contributed by atoms with van der Waals surface area (Å²) < 4.78 is 19.0. The van der Waals surface area contributed by atoms with E-state index in [1.807, 2.05) is 24.9 Å². The number of ether oxygens (including phenoxy) is 1. The molecule has 0 radical (unpaired) electrons. The van der Waals surface area contributed by atoms with Crippen LogP contribution >= 0.6 is 11.3 Å². The van der Waals surface area contributed by atoms with Crippen molar-refractivity contribution in [1.29, 1.82) is 0 Å². The van der Waals surface area contributed by atoms with Crippen LogP contribution in [0.1, 0.15) is 48.1 Å². The van der Waals surface area contributed by atoms with Crippen LogP contribution in [0.25, 0.3) is 10.2 Å². The number of aromatic amines is 1. The second-order valence-electron chi connectivity index (χ2n) is 8.04. The minimum absolute atomic E-state index is 0.0483. The number of thiophene rings is 1. The molecule has 0 spiro atoms. The third-order valence-electron chi connectivity index (χ3n) is 5.89. The van der Waals surface area contributed by atoms with Crippen molar-refractivity contribution < 1.29 is 9.13 Å². The Morgan fingerprint density at radius 2 is 2.24 bits per heavy atom. The molecule has 0 saturated carbocycles. The second kappa shape index (κ2) is 7.88. The monoisotopic (exact) mass is 415 g/mol. The zero-order valence-electron chi connectivity index (χ0n) is 17.2. The largest absolute Gasteiger partial charge is 0.494 e. The number of methoxy groups -OCH3 is 1. The highest BCUT2D eigenvalue weighted by molar-refractivity contribution is 7.18. The first kappa shape index (κ1) is 20.0. The fourth-order valence-electron chi connectivity index (χ4n) is 4.01. The Morgan fingerprint density at radius 1 is 1.45 bits per heavy atom. The average molecular weight is 416 g/mol. The molecule has 1 N–H and O–H groups in total. The molecule has 1 aliphatic rings. The summed E-state index contributed by atoms with van der Waals surface area (Å²) in [5, 5.41) is 0.771. The zero-order chi connectivity index (χ0) is 20.7. The highest BCUT2D eigenvalue weighted by Crippen LogP contribution is 2.36. The van der Waals surface area contributed by atoms with Crippen LogP contribution in [0.4, 0.5) is 4.39 Å². The summed E-state index contributed by atoms with van der Waals surface area (Å²) in [6, 6.07) is 4.84. The Balaban J connectivity index is 1.60. The number of nitrogens with one attached hydrogen (secondary N) is 1. The number of fused-ring (bicyclic) bond motifs is 3. The number of rotatable bonds is 5. The molecule has 0 saturated heterocycles. The van der Waals surface area contributed by atoms with Gasteiger partial charge in [0.2, 0.25) is 0 Å². The van der Waals surface area contributed by atoms with Crippen molar-refractivity contribution in [3.63, 3.8) is 0 Å². The van der Waals surface area contributed by atoms with E-state index in [-0.39, 0.29) is 23.2 Å². The van der Waals surface area contributed by atoms with E-state index in [9.17, 15) is 9.18 Å². The van der Waals surface area contributed by atoms with E-state index in [1.165, 1.54) is 23.6 Å². The average Bonchev–Trinajstić information content (AvgIpc) is 3.05. The van der Waals surface area contributed by atoms with Crippen LogP contribution in [0.15, 0.2) is 23.0 Å².